The van der Waals surface area contributed by atoms with E-state index < -0.39 is 11.7 Å². The van der Waals surface area contributed by atoms with Gasteiger partial charge in [-0.05, 0) is 91.8 Å². The second-order valence-electron chi connectivity index (χ2n) is 10.1. The monoisotopic (exact) mass is 527 g/mol. The Hall–Kier alpha value is -2.54. The molecule has 37 heavy (non-hydrogen) atoms. The van der Waals surface area contributed by atoms with Crippen LogP contribution in [-0.4, -0.2) is 46.7 Å². The van der Waals surface area contributed by atoms with Gasteiger partial charge in [-0.2, -0.15) is 0 Å². The largest absolute Gasteiger partial charge is 0.490 e. The molecule has 1 saturated carbocycles. The van der Waals surface area contributed by atoms with Gasteiger partial charge >= 0.3 is 5.97 Å². The van der Waals surface area contributed by atoms with E-state index in [9.17, 15) is 4.79 Å². The maximum absolute atomic E-state index is 12.3. The van der Waals surface area contributed by atoms with Gasteiger partial charge in [-0.3, -0.25) is 0 Å². The van der Waals surface area contributed by atoms with Crippen LogP contribution in [0.1, 0.15) is 53.6 Å². The first-order chi connectivity index (χ1) is 17.9. The van der Waals surface area contributed by atoms with Crippen LogP contribution in [0.25, 0.3) is 0 Å². The molecule has 0 amide bonds. The van der Waals surface area contributed by atoms with E-state index in [4.69, 9.17) is 30.5 Å². The molecule has 7 heteroatoms. The molecule has 0 aliphatic heterocycles. The van der Waals surface area contributed by atoms with Gasteiger partial charge in [0.05, 0.1) is 23.8 Å². The molecule has 2 aliphatic carbocycles. The highest BCUT2D eigenvalue weighted by Gasteiger charge is 2.45. The molecule has 0 bridgehead atoms. The summed E-state index contributed by atoms with van der Waals surface area (Å²) in [6, 6.07) is 11.4. The first kappa shape index (κ1) is 27.5. The standard InChI is InChI=1S/C30H38ClNO5/c1-5-7-20-9-10-23(20)18-32-26-17-22(28(33)34-2)11-14-27(26)37-19-30(29(35-3)36-4)15-6-8-21-16-24(31)12-13-25(21)30/h5,11-14,16-17,20,23,29,32H,1,6-10,15,18-19H2,2-4H3/t20-,23+,30+/m1/s1. The SMILES string of the molecule is C=CC[C@@H]1CC[C@H]1CNc1cc(C(=O)OC)ccc1OC[C@@]1(C(OC)OC)CCCc2cc(Cl)ccc21. The van der Waals surface area contributed by atoms with Crippen molar-refractivity contribution in [3.63, 3.8) is 0 Å². The lowest BCUT2D eigenvalue weighted by molar-refractivity contribution is -0.162. The second kappa shape index (κ2) is 12.3. The van der Waals surface area contributed by atoms with E-state index >= 15 is 0 Å². The fraction of sp³-hybridized carbons (Fsp3) is 0.500. The van der Waals surface area contributed by atoms with Gasteiger partial charge in [0.2, 0.25) is 0 Å². The van der Waals surface area contributed by atoms with Crippen molar-refractivity contribution >= 4 is 23.3 Å². The van der Waals surface area contributed by atoms with Crippen molar-refractivity contribution in [2.24, 2.45) is 11.8 Å². The summed E-state index contributed by atoms with van der Waals surface area (Å²) in [5.74, 6) is 1.52. The lowest BCUT2D eigenvalue weighted by atomic mass is 9.69. The molecule has 3 atom stereocenters. The number of methoxy groups -OCH3 is 3. The predicted molar refractivity (Wildman–Crippen MR) is 147 cm³/mol. The fourth-order valence-electron chi connectivity index (χ4n) is 5.91. The molecule has 0 heterocycles. The number of hydrogen-bond donors (Lipinski definition) is 1. The Balaban J connectivity index is 1.62. The molecule has 2 aromatic carbocycles. The number of ether oxygens (including phenoxy) is 4. The summed E-state index contributed by atoms with van der Waals surface area (Å²) in [6.07, 6.45) is 7.72. The van der Waals surface area contributed by atoms with Crippen LogP contribution in [0.3, 0.4) is 0 Å². The number of carbonyl (C=O) groups is 1. The minimum Gasteiger partial charge on any atom is -0.490 e. The summed E-state index contributed by atoms with van der Waals surface area (Å²) in [7, 11) is 4.72. The number of rotatable bonds is 12. The fourth-order valence-corrected chi connectivity index (χ4v) is 6.11. The zero-order valence-corrected chi connectivity index (χ0v) is 22.8. The summed E-state index contributed by atoms with van der Waals surface area (Å²) in [5.41, 5.74) is 3.08. The van der Waals surface area contributed by atoms with Gasteiger partial charge in [0.15, 0.2) is 6.29 Å². The van der Waals surface area contributed by atoms with E-state index in [0.29, 0.717) is 29.8 Å². The number of esters is 1. The quantitative estimate of drug-likeness (QED) is 0.195. The maximum Gasteiger partial charge on any atom is 0.337 e. The normalized spacial score (nSPS) is 22.6. The van der Waals surface area contributed by atoms with Gasteiger partial charge in [0.25, 0.3) is 0 Å². The first-order valence-electron chi connectivity index (χ1n) is 13.0. The predicted octanol–water partition coefficient (Wildman–Crippen LogP) is 6.41. The van der Waals surface area contributed by atoms with E-state index in [0.717, 1.165) is 48.5 Å². The van der Waals surface area contributed by atoms with Crippen LogP contribution in [0.5, 0.6) is 5.75 Å². The van der Waals surface area contributed by atoms with Crippen LogP contribution in [0.15, 0.2) is 49.1 Å². The highest BCUT2D eigenvalue weighted by Crippen LogP contribution is 2.44. The van der Waals surface area contributed by atoms with E-state index in [-0.39, 0.29) is 5.97 Å². The van der Waals surface area contributed by atoms with Crippen molar-refractivity contribution in [2.75, 3.05) is 39.8 Å². The van der Waals surface area contributed by atoms with Crippen molar-refractivity contribution in [3.05, 3.63) is 70.8 Å². The smallest absolute Gasteiger partial charge is 0.337 e. The number of aryl methyl sites for hydroxylation is 1. The highest BCUT2D eigenvalue weighted by atomic mass is 35.5. The van der Waals surface area contributed by atoms with Gasteiger partial charge in [-0.25, -0.2) is 4.79 Å². The van der Waals surface area contributed by atoms with Crippen LogP contribution < -0.4 is 10.1 Å². The number of halogens is 1. The van der Waals surface area contributed by atoms with Crippen LogP contribution in [-0.2, 0) is 26.0 Å². The highest BCUT2D eigenvalue weighted by molar-refractivity contribution is 6.30. The number of fused-ring (bicyclic) bond motifs is 1. The van der Waals surface area contributed by atoms with Gasteiger partial charge in [0.1, 0.15) is 12.4 Å². The molecular weight excluding hydrogens is 490 g/mol. The van der Waals surface area contributed by atoms with Crippen molar-refractivity contribution in [1.82, 2.24) is 0 Å². The summed E-state index contributed by atoms with van der Waals surface area (Å²) in [6.45, 7) is 5.05. The zero-order valence-electron chi connectivity index (χ0n) is 22.1. The maximum atomic E-state index is 12.3. The third kappa shape index (κ3) is 5.82. The molecule has 2 aliphatic rings. The minimum atomic E-state index is -0.511. The molecule has 6 nitrogen and oxygen atoms in total. The Kier molecular flexibility index (Phi) is 9.17. The molecule has 0 aromatic heterocycles. The summed E-state index contributed by atoms with van der Waals surface area (Å²) >= 11 is 6.32. The average Bonchev–Trinajstić information content (AvgIpc) is 2.90. The Morgan fingerprint density at radius 1 is 1.16 bits per heavy atom. The van der Waals surface area contributed by atoms with E-state index in [1.165, 1.54) is 25.5 Å². The number of anilines is 1. The second-order valence-corrected chi connectivity index (χ2v) is 10.5. The van der Waals surface area contributed by atoms with Gasteiger partial charge in [0, 0.05) is 25.8 Å². The number of hydrogen-bond acceptors (Lipinski definition) is 6. The summed E-state index contributed by atoms with van der Waals surface area (Å²) < 4.78 is 23.2. The number of carbonyl (C=O) groups excluding carboxylic acids is 1. The minimum absolute atomic E-state index is 0.350. The Morgan fingerprint density at radius 2 is 1.95 bits per heavy atom. The Bertz CT molecular complexity index is 1100. The van der Waals surface area contributed by atoms with Crippen molar-refractivity contribution in [2.45, 2.75) is 50.2 Å². The average molecular weight is 528 g/mol. The van der Waals surface area contributed by atoms with E-state index in [2.05, 4.69) is 18.0 Å². The lowest BCUT2D eigenvalue weighted by Crippen LogP contribution is -2.49. The van der Waals surface area contributed by atoms with Gasteiger partial charge in [-0.15, -0.1) is 6.58 Å². The molecule has 2 aromatic rings. The number of benzene rings is 2. The molecule has 1 N–H and O–H groups in total. The third-order valence-electron chi connectivity index (χ3n) is 8.04. The van der Waals surface area contributed by atoms with E-state index in [1.54, 1.807) is 20.3 Å². The molecule has 200 valence electrons. The van der Waals surface area contributed by atoms with Crippen LogP contribution in [0.4, 0.5) is 5.69 Å². The summed E-state index contributed by atoms with van der Waals surface area (Å²) in [5, 5.41) is 4.28. The van der Waals surface area contributed by atoms with Crippen molar-refractivity contribution in [3.8, 4) is 5.75 Å². The molecule has 0 unspecified atom stereocenters. The van der Waals surface area contributed by atoms with Crippen molar-refractivity contribution < 1.29 is 23.7 Å². The van der Waals surface area contributed by atoms with Gasteiger partial charge < -0.3 is 24.3 Å². The number of nitrogens with one attached hydrogen (secondary N) is 1. The number of allylic oxidation sites excluding steroid dienone is 1. The van der Waals surface area contributed by atoms with Crippen LogP contribution >= 0.6 is 11.6 Å². The van der Waals surface area contributed by atoms with Gasteiger partial charge in [-0.1, -0.05) is 23.7 Å². The Morgan fingerprint density at radius 3 is 2.62 bits per heavy atom. The van der Waals surface area contributed by atoms with Crippen molar-refractivity contribution in [1.29, 1.82) is 0 Å². The lowest BCUT2D eigenvalue weighted by Gasteiger charge is -2.43. The Labute approximate surface area is 225 Å². The molecule has 0 spiro atoms. The molecule has 1 fully saturated rings. The van der Waals surface area contributed by atoms with Crippen LogP contribution in [0.2, 0.25) is 5.02 Å². The first-order valence-corrected chi connectivity index (χ1v) is 13.4. The molecule has 0 radical (unpaired) electrons. The molecule has 0 saturated heterocycles. The topological polar surface area (TPSA) is 66.0 Å². The summed E-state index contributed by atoms with van der Waals surface area (Å²) in [4.78, 5) is 12.3. The molecule has 4 rings (SSSR count). The molecular formula is C30H38ClNO5. The third-order valence-corrected chi connectivity index (χ3v) is 8.27. The van der Waals surface area contributed by atoms with E-state index in [1.807, 2.05) is 30.3 Å². The van der Waals surface area contributed by atoms with Crippen LogP contribution in [0, 0.1) is 11.8 Å². The zero-order chi connectivity index (χ0) is 26.4.